The van der Waals surface area contributed by atoms with Gasteiger partial charge in [0.05, 0.1) is 12.2 Å². The predicted molar refractivity (Wildman–Crippen MR) is 93.8 cm³/mol. The van der Waals surface area contributed by atoms with Crippen molar-refractivity contribution >= 4 is 0 Å². The second-order valence-corrected chi connectivity index (χ2v) is 7.27. The summed E-state index contributed by atoms with van der Waals surface area (Å²) in [5.41, 5.74) is 0. The van der Waals surface area contributed by atoms with E-state index in [4.69, 9.17) is 4.74 Å². The van der Waals surface area contributed by atoms with Crippen molar-refractivity contribution in [3.63, 3.8) is 0 Å². The molecule has 0 bridgehead atoms. The fraction of sp³-hybridized carbons (Fsp3) is 1.00. The molecule has 1 heteroatoms. The highest BCUT2D eigenvalue weighted by Gasteiger charge is 2.36. The van der Waals surface area contributed by atoms with Crippen molar-refractivity contribution in [2.75, 3.05) is 0 Å². The highest BCUT2D eigenvalue weighted by Crippen LogP contribution is 2.32. The highest BCUT2D eigenvalue weighted by molar-refractivity contribution is 4.84. The minimum atomic E-state index is 0.628. The van der Waals surface area contributed by atoms with Crippen LogP contribution >= 0.6 is 0 Å². The molecule has 0 amide bonds. The van der Waals surface area contributed by atoms with Crippen LogP contribution in [0.2, 0.25) is 0 Å². The molecule has 126 valence electrons. The summed E-state index contributed by atoms with van der Waals surface area (Å²) in [7, 11) is 0. The number of ether oxygens (including phenoxy) is 1. The van der Waals surface area contributed by atoms with E-state index in [2.05, 4.69) is 20.8 Å². The lowest BCUT2D eigenvalue weighted by Crippen LogP contribution is -1.97. The molecule has 0 aromatic carbocycles. The van der Waals surface area contributed by atoms with Crippen LogP contribution in [-0.2, 0) is 4.74 Å². The molecule has 0 aromatic heterocycles. The van der Waals surface area contributed by atoms with Crippen LogP contribution in [0.3, 0.4) is 0 Å². The third kappa shape index (κ3) is 10.3. The van der Waals surface area contributed by atoms with Gasteiger partial charge in [0, 0.05) is 0 Å². The predicted octanol–water partition coefficient (Wildman–Crippen LogP) is 6.89. The first kappa shape index (κ1) is 19.0. The molecule has 0 aliphatic carbocycles. The number of rotatable bonds is 15. The molecular weight excluding hydrogens is 256 g/mol. The smallest absolute Gasteiger partial charge is 0.0841 e. The van der Waals surface area contributed by atoms with Crippen LogP contribution in [0.4, 0.5) is 0 Å². The molecule has 0 spiro atoms. The molecule has 1 rings (SSSR count). The number of unbranched alkanes of at least 4 members (excludes halogenated alkanes) is 8. The molecule has 1 saturated heterocycles. The van der Waals surface area contributed by atoms with E-state index >= 15 is 0 Å². The molecular formula is C20H40O. The highest BCUT2D eigenvalue weighted by atomic mass is 16.6. The second-order valence-electron chi connectivity index (χ2n) is 7.27. The number of hydrogen-bond acceptors (Lipinski definition) is 1. The fourth-order valence-electron chi connectivity index (χ4n) is 3.21. The van der Waals surface area contributed by atoms with Crippen molar-refractivity contribution in [3.05, 3.63) is 0 Å². The molecule has 1 nitrogen and oxygen atoms in total. The maximum Gasteiger partial charge on any atom is 0.0841 e. The van der Waals surface area contributed by atoms with E-state index < -0.39 is 0 Å². The first-order chi connectivity index (χ1) is 10.3. The van der Waals surface area contributed by atoms with E-state index in [1.807, 2.05) is 0 Å². The number of hydrogen-bond donors (Lipinski definition) is 0. The lowest BCUT2D eigenvalue weighted by molar-refractivity contribution is 0.344. The molecule has 1 fully saturated rings. The third-order valence-corrected chi connectivity index (χ3v) is 5.16. The van der Waals surface area contributed by atoms with Crippen LogP contribution in [-0.4, -0.2) is 12.2 Å². The molecule has 0 unspecified atom stereocenters. The minimum Gasteiger partial charge on any atom is -0.370 e. The summed E-state index contributed by atoms with van der Waals surface area (Å²) in [5, 5.41) is 0. The summed E-state index contributed by atoms with van der Waals surface area (Å²) in [4.78, 5) is 0. The van der Waals surface area contributed by atoms with E-state index in [9.17, 15) is 0 Å². The van der Waals surface area contributed by atoms with Crippen molar-refractivity contribution in [2.24, 2.45) is 5.92 Å². The zero-order chi connectivity index (χ0) is 15.3. The van der Waals surface area contributed by atoms with Gasteiger partial charge in [0.1, 0.15) is 0 Å². The molecule has 1 heterocycles. The lowest BCUT2D eigenvalue weighted by Gasteiger charge is -2.06. The second kappa shape index (κ2) is 12.5. The molecule has 0 N–H and O–H groups in total. The van der Waals surface area contributed by atoms with Crippen molar-refractivity contribution in [1.82, 2.24) is 0 Å². The molecule has 0 saturated carbocycles. The van der Waals surface area contributed by atoms with Crippen LogP contribution in [0.5, 0.6) is 0 Å². The van der Waals surface area contributed by atoms with E-state index in [1.165, 1.54) is 89.9 Å². The Morgan fingerprint density at radius 3 is 1.81 bits per heavy atom. The average Bonchev–Trinajstić information content (AvgIpc) is 3.23. The SMILES string of the molecule is CCCCCCCCCCC[C@@H]1O[C@@H]1CCC[C@H](C)CC. The zero-order valence-electron chi connectivity index (χ0n) is 15.0. The van der Waals surface area contributed by atoms with Crippen molar-refractivity contribution in [3.8, 4) is 0 Å². The summed E-state index contributed by atoms with van der Waals surface area (Å²) in [5.74, 6) is 0.902. The minimum absolute atomic E-state index is 0.628. The van der Waals surface area contributed by atoms with Crippen LogP contribution in [0, 0.1) is 5.92 Å². The van der Waals surface area contributed by atoms with Gasteiger partial charge in [-0.05, 0) is 18.8 Å². The summed E-state index contributed by atoms with van der Waals surface area (Å²) in [6.45, 7) is 6.95. The first-order valence-corrected chi connectivity index (χ1v) is 9.93. The zero-order valence-corrected chi connectivity index (χ0v) is 15.0. The van der Waals surface area contributed by atoms with Gasteiger partial charge < -0.3 is 4.74 Å². The Morgan fingerprint density at radius 2 is 1.24 bits per heavy atom. The lowest BCUT2D eigenvalue weighted by atomic mass is 9.99. The van der Waals surface area contributed by atoms with E-state index in [-0.39, 0.29) is 0 Å². The topological polar surface area (TPSA) is 12.5 Å². The van der Waals surface area contributed by atoms with Gasteiger partial charge in [-0.25, -0.2) is 0 Å². The molecule has 21 heavy (non-hydrogen) atoms. The van der Waals surface area contributed by atoms with Gasteiger partial charge in [0.2, 0.25) is 0 Å². The van der Waals surface area contributed by atoms with Crippen molar-refractivity contribution in [1.29, 1.82) is 0 Å². The van der Waals surface area contributed by atoms with Crippen LogP contribution in [0.25, 0.3) is 0 Å². The van der Waals surface area contributed by atoms with Crippen LogP contribution in [0.15, 0.2) is 0 Å². The third-order valence-electron chi connectivity index (χ3n) is 5.16. The Labute approximate surface area is 134 Å². The standard InChI is InChI=1S/C20H40O/c1-4-6-7-8-9-10-11-12-13-16-19-20(21-19)17-14-15-18(3)5-2/h18-20H,4-17H2,1-3H3/t18-,19+,20-/m1/s1. The first-order valence-electron chi connectivity index (χ1n) is 9.93. The van der Waals surface area contributed by atoms with Gasteiger partial charge >= 0.3 is 0 Å². The van der Waals surface area contributed by atoms with Gasteiger partial charge in [-0.15, -0.1) is 0 Å². The Kier molecular flexibility index (Phi) is 11.3. The summed E-state index contributed by atoms with van der Waals surface area (Å²) >= 11 is 0. The fourth-order valence-corrected chi connectivity index (χ4v) is 3.21. The van der Waals surface area contributed by atoms with Gasteiger partial charge in [-0.2, -0.15) is 0 Å². The molecule has 0 aromatic rings. The summed E-state index contributed by atoms with van der Waals surface area (Å²) in [6, 6.07) is 0. The van der Waals surface area contributed by atoms with E-state index in [1.54, 1.807) is 0 Å². The molecule has 3 atom stereocenters. The molecule has 1 aliphatic rings. The van der Waals surface area contributed by atoms with Gasteiger partial charge in [-0.1, -0.05) is 97.8 Å². The molecule has 1 aliphatic heterocycles. The van der Waals surface area contributed by atoms with Crippen LogP contribution < -0.4 is 0 Å². The summed E-state index contributed by atoms with van der Waals surface area (Å²) in [6.07, 6.45) is 20.8. The van der Waals surface area contributed by atoms with Crippen LogP contribution in [0.1, 0.15) is 111 Å². The Bertz CT molecular complexity index is 226. The maximum atomic E-state index is 5.80. The largest absolute Gasteiger partial charge is 0.370 e. The van der Waals surface area contributed by atoms with E-state index in [0.29, 0.717) is 12.2 Å². The molecule has 0 radical (unpaired) electrons. The number of epoxide rings is 1. The van der Waals surface area contributed by atoms with Gasteiger partial charge in [-0.3, -0.25) is 0 Å². The average molecular weight is 297 g/mol. The summed E-state index contributed by atoms with van der Waals surface area (Å²) < 4.78 is 5.80. The van der Waals surface area contributed by atoms with Crippen molar-refractivity contribution in [2.45, 2.75) is 123 Å². The van der Waals surface area contributed by atoms with Crippen molar-refractivity contribution < 1.29 is 4.74 Å². The van der Waals surface area contributed by atoms with Gasteiger partial charge in [0.25, 0.3) is 0 Å². The quantitative estimate of drug-likeness (QED) is 0.237. The maximum absolute atomic E-state index is 5.80. The Balaban J connectivity index is 1.77. The van der Waals surface area contributed by atoms with Gasteiger partial charge in [0.15, 0.2) is 0 Å². The Morgan fingerprint density at radius 1 is 0.714 bits per heavy atom. The van der Waals surface area contributed by atoms with E-state index in [0.717, 1.165) is 5.92 Å². The Hall–Kier alpha value is -0.0400. The monoisotopic (exact) mass is 296 g/mol. The normalized spacial score (nSPS) is 22.4.